The zero-order valence-corrected chi connectivity index (χ0v) is 14.4. The molecule has 0 fully saturated rings. The van der Waals surface area contributed by atoms with Gasteiger partial charge in [0.25, 0.3) is 0 Å². The fourth-order valence-corrected chi connectivity index (χ4v) is 2.81. The van der Waals surface area contributed by atoms with Crippen LogP contribution in [0.4, 0.5) is 14.5 Å². The third-order valence-corrected chi connectivity index (χ3v) is 3.85. The lowest BCUT2D eigenvalue weighted by molar-refractivity contribution is -0.115. The Morgan fingerprint density at radius 1 is 1.23 bits per heavy atom. The van der Waals surface area contributed by atoms with Crippen LogP contribution in [0, 0.1) is 0 Å². The Bertz CT molecular complexity index is 801. The summed E-state index contributed by atoms with van der Waals surface area (Å²) in [5, 5.41) is 3.01. The summed E-state index contributed by atoms with van der Waals surface area (Å²) >= 11 is 6.21. The predicted octanol–water partition coefficient (Wildman–Crippen LogP) is 4.28. The van der Waals surface area contributed by atoms with Gasteiger partial charge in [0, 0.05) is 18.2 Å². The summed E-state index contributed by atoms with van der Waals surface area (Å²) in [5.41, 5.74) is 1.00. The number of fused-ring (bicyclic) bond motifs is 1. The molecular formula is C18H16ClF2NO4. The highest BCUT2D eigenvalue weighted by atomic mass is 35.5. The van der Waals surface area contributed by atoms with Crippen LogP contribution in [-0.2, 0) is 11.2 Å². The smallest absolute Gasteiger partial charge is 0.387 e. The molecular weight excluding hydrogens is 368 g/mol. The highest BCUT2D eigenvalue weighted by Gasteiger charge is 2.17. The van der Waals surface area contributed by atoms with Gasteiger partial charge in [-0.25, -0.2) is 0 Å². The van der Waals surface area contributed by atoms with Crippen LogP contribution in [0.3, 0.4) is 0 Å². The van der Waals surface area contributed by atoms with Crippen molar-refractivity contribution in [2.24, 2.45) is 0 Å². The average molecular weight is 384 g/mol. The van der Waals surface area contributed by atoms with Crippen LogP contribution in [0.15, 0.2) is 36.4 Å². The standard InChI is InChI=1S/C18H16ClF2NO4/c19-14-7-11(8-15-17(14)25-6-2-5-24-15)9-16(23)22-12-3-1-4-13(10-12)26-18(20)21/h1,3-4,7-8,10,18H,2,5-6,9H2,(H,22,23). The van der Waals surface area contributed by atoms with Gasteiger partial charge in [0.2, 0.25) is 5.91 Å². The largest absolute Gasteiger partial charge is 0.489 e. The molecule has 2 aromatic rings. The number of alkyl halides is 2. The van der Waals surface area contributed by atoms with E-state index >= 15 is 0 Å². The summed E-state index contributed by atoms with van der Waals surface area (Å²) in [4.78, 5) is 12.2. The van der Waals surface area contributed by atoms with Crippen LogP contribution in [0.1, 0.15) is 12.0 Å². The van der Waals surface area contributed by atoms with Gasteiger partial charge in [-0.3, -0.25) is 4.79 Å². The predicted molar refractivity (Wildman–Crippen MR) is 92.5 cm³/mol. The van der Waals surface area contributed by atoms with E-state index in [9.17, 15) is 13.6 Å². The first-order valence-corrected chi connectivity index (χ1v) is 8.32. The van der Waals surface area contributed by atoms with E-state index in [1.165, 1.54) is 18.2 Å². The molecule has 0 saturated carbocycles. The van der Waals surface area contributed by atoms with Crippen LogP contribution in [0.2, 0.25) is 5.02 Å². The summed E-state index contributed by atoms with van der Waals surface area (Å²) < 4.78 is 40.0. The van der Waals surface area contributed by atoms with E-state index in [4.69, 9.17) is 21.1 Å². The minimum Gasteiger partial charge on any atom is -0.489 e. The zero-order chi connectivity index (χ0) is 18.5. The summed E-state index contributed by atoms with van der Waals surface area (Å²) in [5.74, 6) is 0.622. The minimum atomic E-state index is -2.93. The molecule has 1 aliphatic rings. The average Bonchev–Trinajstić information content (AvgIpc) is 2.80. The Balaban J connectivity index is 1.69. The van der Waals surface area contributed by atoms with Crippen molar-refractivity contribution in [2.75, 3.05) is 18.5 Å². The molecule has 0 saturated heterocycles. The van der Waals surface area contributed by atoms with Gasteiger partial charge in [-0.05, 0) is 29.8 Å². The topological polar surface area (TPSA) is 56.8 Å². The first kappa shape index (κ1) is 18.3. The maximum atomic E-state index is 12.3. The number of amides is 1. The van der Waals surface area contributed by atoms with E-state index in [1.807, 2.05) is 0 Å². The monoisotopic (exact) mass is 383 g/mol. The van der Waals surface area contributed by atoms with Crippen LogP contribution in [0.25, 0.3) is 0 Å². The third kappa shape index (κ3) is 4.76. The van der Waals surface area contributed by atoms with E-state index in [2.05, 4.69) is 10.1 Å². The molecule has 0 radical (unpaired) electrons. The highest BCUT2D eigenvalue weighted by molar-refractivity contribution is 6.32. The van der Waals surface area contributed by atoms with Gasteiger partial charge < -0.3 is 19.5 Å². The molecule has 2 aromatic carbocycles. The molecule has 26 heavy (non-hydrogen) atoms. The van der Waals surface area contributed by atoms with Gasteiger partial charge in [-0.15, -0.1) is 0 Å². The van der Waals surface area contributed by atoms with Crippen molar-refractivity contribution >= 4 is 23.2 Å². The highest BCUT2D eigenvalue weighted by Crippen LogP contribution is 2.38. The third-order valence-electron chi connectivity index (χ3n) is 3.57. The molecule has 0 unspecified atom stereocenters. The van der Waals surface area contributed by atoms with Crippen molar-refractivity contribution in [2.45, 2.75) is 19.5 Å². The molecule has 0 atom stereocenters. The molecule has 1 N–H and O–H groups in total. The lowest BCUT2D eigenvalue weighted by Gasteiger charge is -2.12. The first-order chi connectivity index (χ1) is 12.5. The molecule has 1 aliphatic heterocycles. The van der Waals surface area contributed by atoms with Gasteiger partial charge in [0.05, 0.1) is 24.7 Å². The number of anilines is 1. The number of ether oxygens (including phenoxy) is 3. The summed E-state index contributed by atoms with van der Waals surface area (Å²) in [6.07, 6.45) is 0.786. The number of nitrogens with one attached hydrogen (secondary N) is 1. The molecule has 1 heterocycles. The Labute approximate surface area is 153 Å². The number of carbonyl (C=O) groups excluding carboxylic acids is 1. The Hall–Kier alpha value is -2.54. The minimum absolute atomic E-state index is 0.0311. The second kappa shape index (κ2) is 8.23. The molecule has 138 valence electrons. The lowest BCUT2D eigenvalue weighted by atomic mass is 10.1. The SMILES string of the molecule is O=C(Cc1cc(Cl)c2c(c1)OCCCO2)Nc1cccc(OC(F)F)c1. The molecule has 8 heteroatoms. The lowest BCUT2D eigenvalue weighted by Crippen LogP contribution is -2.14. The Kier molecular flexibility index (Phi) is 5.78. The number of hydrogen-bond donors (Lipinski definition) is 1. The number of hydrogen-bond acceptors (Lipinski definition) is 4. The molecule has 0 aliphatic carbocycles. The number of carbonyl (C=O) groups is 1. The van der Waals surface area contributed by atoms with Gasteiger partial charge in [-0.2, -0.15) is 8.78 Å². The van der Waals surface area contributed by atoms with Gasteiger partial charge >= 0.3 is 6.61 Å². The van der Waals surface area contributed by atoms with Gasteiger partial charge in [0.1, 0.15) is 5.75 Å². The van der Waals surface area contributed by atoms with Crippen LogP contribution in [-0.4, -0.2) is 25.7 Å². The summed E-state index contributed by atoms with van der Waals surface area (Å²) in [7, 11) is 0. The molecule has 1 amide bonds. The number of rotatable bonds is 5. The van der Waals surface area contributed by atoms with E-state index in [0.717, 1.165) is 6.42 Å². The maximum absolute atomic E-state index is 12.3. The summed E-state index contributed by atoms with van der Waals surface area (Å²) in [6, 6.07) is 9.15. The van der Waals surface area contributed by atoms with Crippen molar-refractivity contribution in [3.05, 3.63) is 47.0 Å². The van der Waals surface area contributed by atoms with Crippen molar-refractivity contribution in [3.63, 3.8) is 0 Å². The van der Waals surface area contributed by atoms with E-state index in [-0.39, 0.29) is 18.1 Å². The second-order valence-corrected chi connectivity index (χ2v) is 5.99. The molecule has 5 nitrogen and oxygen atoms in total. The second-order valence-electron chi connectivity index (χ2n) is 5.59. The van der Waals surface area contributed by atoms with Crippen LogP contribution >= 0.6 is 11.6 Å². The van der Waals surface area contributed by atoms with Crippen LogP contribution in [0.5, 0.6) is 17.2 Å². The maximum Gasteiger partial charge on any atom is 0.387 e. The van der Waals surface area contributed by atoms with Crippen molar-refractivity contribution in [3.8, 4) is 17.2 Å². The number of halogens is 3. The Morgan fingerprint density at radius 2 is 2.04 bits per heavy atom. The van der Waals surface area contributed by atoms with E-state index in [1.54, 1.807) is 18.2 Å². The normalized spacial score (nSPS) is 13.2. The quantitative estimate of drug-likeness (QED) is 0.837. The fourth-order valence-electron chi connectivity index (χ4n) is 2.53. The van der Waals surface area contributed by atoms with Crippen LogP contribution < -0.4 is 19.5 Å². The molecule has 0 bridgehead atoms. The van der Waals surface area contributed by atoms with Crippen molar-refractivity contribution < 1.29 is 27.8 Å². The first-order valence-electron chi connectivity index (χ1n) is 7.94. The van der Waals surface area contributed by atoms with Crippen molar-refractivity contribution in [1.29, 1.82) is 0 Å². The molecule has 3 rings (SSSR count). The number of benzene rings is 2. The molecule has 0 spiro atoms. The summed E-state index contributed by atoms with van der Waals surface area (Å²) in [6.45, 7) is -1.90. The van der Waals surface area contributed by atoms with Gasteiger partial charge in [0.15, 0.2) is 11.5 Å². The molecule has 0 aromatic heterocycles. The Morgan fingerprint density at radius 3 is 2.85 bits per heavy atom. The zero-order valence-electron chi connectivity index (χ0n) is 13.6. The fraction of sp³-hybridized carbons (Fsp3) is 0.278. The van der Waals surface area contributed by atoms with Crippen molar-refractivity contribution in [1.82, 2.24) is 0 Å². The van der Waals surface area contributed by atoms with E-state index in [0.29, 0.717) is 41.0 Å². The van der Waals surface area contributed by atoms with E-state index < -0.39 is 6.61 Å². The van der Waals surface area contributed by atoms with Gasteiger partial charge in [-0.1, -0.05) is 17.7 Å².